The molecule has 0 atom stereocenters. The molecule has 0 unspecified atom stereocenters. The number of nitrogens with two attached hydrogens (primary N) is 1. The van der Waals surface area contributed by atoms with Gasteiger partial charge in [0, 0.05) is 19.3 Å². The van der Waals surface area contributed by atoms with Crippen molar-refractivity contribution in [2.75, 3.05) is 24.1 Å². The molecule has 0 aliphatic rings. The molecule has 0 aliphatic heterocycles. The van der Waals surface area contributed by atoms with E-state index >= 15 is 0 Å². The smallest absolute Gasteiger partial charge is 0.261 e. The summed E-state index contributed by atoms with van der Waals surface area (Å²) in [5.74, 6) is 0.683. The van der Waals surface area contributed by atoms with Gasteiger partial charge in [-0.2, -0.15) is 0 Å². The van der Waals surface area contributed by atoms with E-state index < -0.39 is 0 Å². The van der Waals surface area contributed by atoms with Crippen molar-refractivity contribution < 1.29 is 4.79 Å². The second-order valence-corrected chi connectivity index (χ2v) is 5.35. The minimum atomic E-state index is -0.0202. The van der Waals surface area contributed by atoms with Crippen LogP contribution >= 0.6 is 11.3 Å². The predicted octanol–water partition coefficient (Wildman–Crippen LogP) is 2.27. The molecule has 2 heterocycles. The third kappa shape index (κ3) is 3.71. The van der Waals surface area contributed by atoms with Crippen molar-refractivity contribution in [2.45, 2.75) is 13.3 Å². The van der Waals surface area contributed by atoms with Gasteiger partial charge in [0.1, 0.15) is 5.82 Å². The van der Waals surface area contributed by atoms with Crippen LogP contribution < -0.4 is 16.4 Å². The van der Waals surface area contributed by atoms with Gasteiger partial charge in [-0.1, -0.05) is 6.07 Å². The van der Waals surface area contributed by atoms with E-state index in [0.29, 0.717) is 24.6 Å². The molecule has 0 fully saturated rings. The van der Waals surface area contributed by atoms with E-state index in [9.17, 15) is 4.79 Å². The van der Waals surface area contributed by atoms with Crippen molar-refractivity contribution in [1.82, 2.24) is 10.3 Å². The van der Waals surface area contributed by atoms with E-state index in [1.54, 1.807) is 6.20 Å². The quantitative estimate of drug-likeness (QED) is 0.713. The van der Waals surface area contributed by atoms with E-state index in [0.717, 1.165) is 16.9 Å². The van der Waals surface area contributed by atoms with Crippen LogP contribution in [0.25, 0.3) is 0 Å². The third-order valence-electron chi connectivity index (χ3n) is 2.88. The number of rotatable bonds is 6. The average Bonchev–Trinajstić information content (AvgIpc) is 2.97. The number of aryl methyl sites for hydroxylation is 1. The zero-order chi connectivity index (χ0) is 14.4. The summed E-state index contributed by atoms with van der Waals surface area (Å²) in [6, 6.07) is 5.56. The van der Waals surface area contributed by atoms with Gasteiger partial charge in [-0.3, -0.25) is 4.79 Å². The van der Waals surface area contributed by atoms with E-state index in [4.69, 9.17) is 5.73 Å². The van der Waals surface area contributed by atoms with Crippen LogP contribution in [0.1, 0.15) is 21.7 Å². The zero-order valence-electron chi connectivity index (χ0n) is 11.3. The fourth-order valence-corrected chi connectivity index (χ4v) is 2.34. The maximum absolute atomic E-state index is 11.7. The lowest BCUT2D eigenvalue weighted by atomic mass is 10.2. The summed E-state index contributed by atoms with van der Waals surface area (Å²) >= 11 is 1.44. The first-order valence-corrected chi connectivity index (χ1v) is 7.33. The lowest BCUT2D eigenvalue weighted by Crippen LogP contribution is -2.25. The van der Waals surface area contributed by atoms with Crippen molar-refractivity contribution in [3.8, 4) is 0 Å². The Morgan fingerprint density at radius 1 is 1.40 bits per heavy atom. The molecule has 0 radical (unpaired) electrons. The zero-order valence-corrected chi connectivity index (χ0v) is 12.2. The highest BCUT2D eigenvalue weighted by atomic mass is 32.1. The molecular formula is C14H18N4OS. The Morgan fingerprint density at radius 2 is 2.25 bits per heavy atom. The minimum absolute atomic E-state index is 0.0202. The van der Waals surface area contributed by atoms with Crippen molar-refractivity contribution in [3.63, 3.8) is 0 Å². The highest BCUT2D eigenvalue weighted by molar-refractivity contribution is 7.12. The molecule has 2 rings (SSSR count). The molecule has 2 aromatic rings. The molecule has 4 N–H and O–H groups in total. The maximum atomic E-state index is 11.7. The predicted molar refractivity (Wildman–Crippen MR) is 83.1 cm³/mol. The Bertz CT molecular complexity index is 569. The summed E-state index contributed by atoms with van der Waals surface area (Å²) in [7, 11) is 0. The van der Waals surface area contributed by atoms with Gasteiger partial charge < -0.3 is 16.4 Å². The number of aromatic nitrogens is 1. The van der Waals surface area contributed by atoms with Gasteiger partial charge in [-0.25, -0.2) is 4.98 Å². The van der Waals surface area contributed by atoms with Gasteiger partial charge in [0.25, 0.3) is 5.91 Å². The van der Waals surface area contributed by atoms with Gasteiger partial charge in [0.05, 0.1) is 10.6 Å². The van der Waals surface area contributed by atoms with Crippen LogP contribution in [0, 0.1) is 6.92 Å². The van der Waals surface area contributed by atoms with Crippen LogP contribution in [-0.4, -0.2) is 24.0 Å². The van der Waals surface area contributed by atoms with Crippen LogP contribution in [0.3, 0.4) is 0 Å². The molecule has 1 amide bonds. The lowest BCUT2D eigenvalue weighted by Gasteiger charge is -2.10. The first-order chi connectivity index (χ1) is 9.68. The molecule has 0 spiro atoms. The molecule has 0 saturated carbocycles. The third-order valence-corrected chi connectivity index (χ3v) is 3.75. The number of pyridine rings is 1. The topological polar surface area (TPSA) is 80.0 Å². The fourth-order valence-electron chi connectivity index (χ4n) is 1.70. The monoisotopic (exact) mass is 290 g/mol. The van der Waals surface area contributed by atoms with Crippen LogP contribution in [0.5, 0.6) is 0 Å². The molecular weight excluding hydrogens is 272 g/mol. The summed E-state index contributed by atoms with van der Waals surface area (Å²) in [6.07, 6.45) is 2.54. The van der Waals surface area contributed by atoms with Crippen LogP contribution in [0.15, 0.2) is 29.8 Å². The van der Waals surface area contributed by atoms with E-state index in [2.05, 4.69) is 15.6 Å². The fraction of sp³-hybridized carbons (Fsp3) is 0.286. The van der Waals surface area contributed by atoms with Crippen molar-refractivity contribution in [3.05, 3.63) is 40.2 Å². The molecule has 0 aliphatic carbocycles. The van der Waals surface area contributed by atoms with Crippen LogP contribution in [0.4, 0.5) is 11.5 Å². The second-order valence-electron chi connectivity index (χ2n) is 4.40. The molecule has 106 valence electrons. The Balaban J connectivity index is 1.69. The van der Waals surface area contributed by atoms with Crippen LogP contribution in [-0.2, 0) is 0 Å². The summed E-state index contributed by atoms with van der Waals surface area (Å²) in [5.41, 5.74) is 7.60. The van der Waals surface area contributed by atoms with E-state index in [-0.39, 0.29) is 5.91 Å². The first kappa shape index (κ1) is 14.3. The van der Waals surface area contributed by atoms with Gasteiger partial charge in [-0.05, 0) is 36.4 Å². The van der Waals surface area contributed by atoms with Gasteiger partial charge in [0.15, 0.2) is 0 Å². The average molecular weight is 290 g/mol. The summed E-state index contributed by atoms with van der Waals surface area (Å²) in [6.45, 7) is 3.28. The normalized spacial score (nSPS) is 10.2. The van der Waals surface area contributed by atoms with Crippen molar-refractivity contribution in [1.29, 1.82) is 0 Å². The molecule has 0 aromatic carbocycles. The number of hydrogen-bond acceptors (Lipinski definition) is 5. The van der Waals surface area contributed by atoms with Crippen molar-refractivity contribution >= 4 is 28.7 Å². The van der Waals surface area contributed by atoms with E-state index in [1.165, 1.54) is 11.3 Å². The molecule has 2 aromatic heterocycles. The standard InChI is InChI=1S/C14H18N4OS/c1-10-5-8-17-13(12(10)15)16-6-3-7-18-14(19)11-4-2-9-20-11/h2,4-5,8-9H,3,6-7,15H2,1H3,(H,16,17)(H,18,19). The minimum Gasteiger partial charge on any atom is -0.396 e. The molecule has 6 heteroatoms. The number of nitrogens with zero attached hydrogens (tertiary/aromatic N) is 1. The molecule has 5 nitrogen and oxygen atoms in total. The Kier molecular flexibility index (Phi) is 4.95. The summed E-state index contributed by atoms with van der Waals surface area (Å²) in [4.78, 5) is 16.6. The SMILES string of the molecule is Cc1ccnc(NCCCNC(=O)c2cccs2)c1N. The Hall–Kier alpha value is -2.08. The highest BCUT2D eigenvalue weighted by Gasteiger charge is 2.05. The van der Waals surface area contributed by atoms with Gasteiger partial charge >= 0.3 is 0 Å². The van der Waals surface area contributed by atoms with Crippen molar-refractivity contribution in [2.24, 2.45) is 0 Å². The van der Waals surface area contributed by atoms with Gasteiger partial charge in [0.2, 0.25) is 0 Å². The number of carbonyl (C=O) groups excluding carboxylic acids is 1. The summed E-state index contributed by atoms with van der Waals surface area (Å²) < 4.78 is 0. The highest BCUT2D eigenvalue weighted by Crippen LogP contribution is 2.18. The summed E-state index contributed by atoms with van der Waals surface area (Å²) in [5, 5.41) is 7.95. The molecule has 20 heavy (non-hydrogen) atoms. The number of anilines is 2. The number of carbonyl (C=O) groups is 1. The molecule has 0 bridgehead atoms. The largest absolute Gasteiger partial charge is 0.396 e. The second kappa shape index (κ2) is 6.91. The van der Waals surface area contributed by atoms with Crippen LogP contribution in [0.2, 0.25) is 0 Å². The Morgan fingerprint density at radius 3 is 3.00 bits per heavy atom. The molecule has 0 saturated heterocycles. The maximum Gasteiger partial charge on any atom is 0.261 e. The van der Waals surface area contributed by atoms with E-state index in [1.807, 2.05) is 30.5 Å². The van der Waals surface area contributed by atoms with Gasteiger partial charge in [-0.15, -0.1) is 11.3 Å². The Labute approximate surface area is 122 Å². The number of nitrogen functional groups attached to an aromatic ring is 1. The first-order valence-electron chi connectivity index (χ1n) is 6.45. The number of amides is 1. The lowest BCUT2D eigenvalue weighted by molar-refractivity contribution is 0.0957. The number of thiophene rings is 1. The number of hydrogen-bond donors (Lipinski definition) is 3. The number of nitrogens with one attached hydrogen (secondary N) is 2.